The van der Waals surface area contributed by atoms with E-state index in [1.54, 1.807) is 18.2 Å². The van der Waals surface area contributed by atoms with Gasteiger partial charge in [0, 0.05) is 0 Å². The fourth-order valence-corrected chi connectivity index (χ4v) is 1.06. The summed E-state index contributed by atoms with van der Waals surface area (Å²) in [6.45, 7) is 3.97. The van der Waals surface area contributed by atoms with E-state index >= 15 is 0 Å². The SMILES string of the molecule is C=CCn1nnc(NC(=O)c2ccco2)n1. The van der Waals surface area contributed by atoms with Crippen molar-refractivity contribution in [2.45, 2.75) is 6.54 Å². The summed E-state index contributed by atoms with van der Waals surface area (Å²) < 4.78 is 4.91. The van der Waals surface area contributed by atoms with Crippen LogP contribution < -0.4 is 5.32 Å². The van der Waals surface area contributed by atoms with Crippen LogP contribution in [-0.4, -0.2) is 26.1 Å². The molecule has 7 nitrogen and oxygen atoms in total. The number of carbonyl (C=O) groups is 1. The molecule has 2 aromatic rings. The van der Waals surface area contributed by atoms with Crippen LogP contribution in [0.5, 0.6) is 0 Å². The van der Waals surface area contributed by atoms with Crippen molar-refractivity contribution in [3.8, 4) is 0 Å². The van der Waals surface area contributed by atoms with E-state index in [1.807, 2.05) is 0 Å². The highest BCUT2D eigenvalue weighted by Gasteiger charge is 2.11. The van der Waals surface area contributed by atoms with Gasteiger partial charge in [-0.1, -0.05) is 11.2 Å². The highest BCUT2D eigenvalue weighted by molar-refractivity contribution is 6.01. The van der Waals surface area contributed by atoms with Crippen LogP contribution in [0, 0.1) is 0 Å². The lowest BCUT2D eigenvalue weighted by Gasteiger charge is -1.95. The molecule has 1 amide bonds. The van der Waals surface area contributed by atoms with Crippen LogP contribution in [0.25, 0.3) is 0 Å². The number of aromatic nitrogens is 4. The minimum Gasteiger partial charge on any atom is -0.459 e. The molecule has 2 rings (SSSR count). The average molecular weight is 219 g/mol. The van der Waals surface area contributed by atoms with E-state index in [4.69, 9.17) is 4.42 Å². The van der Waals surface area contributed by atoms with Gasteiger partial charge in [0.05, 0.1) is 12.8 Å². The highest BCUT2D eigenvalue weighted by Crippen LogP contribution is 2.03. The molecule has 0 saturated heterocycles. The Kier molecular flexibility index (Phi) is 2.77. The summed E-state index contributed by atoms with van der Waals surface area (Å²) in [6, 6.07) is 3.17. The maximum absolute atomic E-state index is 11.5. The van der Waals surface area contributed by atoms with Crippen LogP contribution in [0.15, 0.2) is 35.5 Å². The van der Waals surface area contributed by atoms with Crippen molar-refractivity contribution in [3.05, 3.63) is 36.8 Å². The summed E-state index contributed by atoms with van der Waals surface area (Å²) >= 11 is 0. The highest BCUT2D eigenvalue weighted by atomic mass is 16.3. The lowest BCUT2D eigenvalue weighted by Crippen LogP contribution is -2.12. The number of nitrogens with zero attached hydrogens (tertiary/aromatic N) is 4. The van der Waals surface area contributed by atoms with E-state index in [-0.39, 0.29) is 11.7 Å². The van der Waals surface area contributed by atoms with Gasteiger partial charge in [-0.25, -0.2) is 0 Å². The van der Waals surface area contributed by atoms with Crippen LogP contribution in [0.4, 0.5) is 5.95 Å². The molecule has 0 radical (unpaired) electrons. The van der Waals surface area contributed by atoms with Crippen molar-refractivity contribution in [3.63, 3.8) is 0 Å². The van der Waals surface area contributed by atoms with Gasteiger partial charge in [-0.2, -0.15) is 4.80 Å². The zero-order valence-electron chi connectivity index (χ0n) is 8.33. The zero-order valence-corrected chi connectivity index (χ0v) is 8.33. The lowest BCUT2D eigenvalue weighted by atomic mass is 10.4. The number of allylic oxidation sites excluding steroid dienone is 1. The second-order valence-electron chi connectivity index (χ2n) is 2.89. The molecular formula is C9H9N5O2. The molecule has 2 aromatic heterocycles. The lowest BCUT2D eigenvalue weighted by molar-refractivity contribution is 0.0996. The first-order valence-corrected chi connectivity index (χ1v) is 4.53. The number of hydrogen-bond acceptors (Lipinski definition) is 5. The minimum atomic E-state index is -0.414. The zero-order chi connectivity index (χ0) is 11.4. The van der Waals surface area contributed by atoms with Crippen LogP contribution >= 0.6 is 0 Å². The van der Waals surface area contributed by atoms with Crippen molar-refractivity contribution in [2.24, 2.45) is 0 Å². The van der Waals surface area contributed by atoms with Crippen LogP contribution in [0.2, 0.25) is 0 Å². The van der Waals surface area contributed by atoms with E-state index in [9.17, 15) is 4.79 Å². The predicted molar refractivity (Wildman–Crippen MR) is 54.7 cm³/mol. The normalized spacial score (nSPS) is 10.0. The molecule has 0 aliphatic carbocycles. The van der Waals surface area contributed by atoms with E-state index in [0.717, 1.165) is 0 Å². The minimum absolute atomic E-state index is 0.128. The molecule has 16 heavy (non-hydrogen) atoms. The Morgan fingerprint density at radius 1 is 1.69 bits per heavy atom. The molecule has 0 aromatic carbocycles. The fourth-order valence-electron chi connectivity index (χ4n) is 1.06. The molecule has 0 spiro atoms. The first kappa shape index (κ1) is 10.1. The topological polar surface area (TPSA) is 85.8 Å². The van der Waals surface area contributed by atoms with Gasteiger partial charge in [0.25, 0.3) is 11.9 Å². The Hall–Kier alpha value is -2.44. The average Bonchev–Trinajstić information content (AvgIpc) is 2.89. The van der Waals surface area contributed by atoms with Crippen molar-refractivity contribution in [1.29, 1.82) is 0 Å². The van der Waals surface area contributed by atoms with E-state index < -0.39 is 5.91 Å². The standard InChI is InChI=1S/C9H9N5O2/c1-2-5-14-12-9(11-13-14)10-8(15)7-4-3-6-16-7/h2-4,6H,1,5H2,(H,10,12,15). The summed E-state index contributed by atoms with van der Waals surface area (Å²) in [5.74, 6) is -0.0912. The second-order valence-corrected chi connectivity index (χ2v) is 2.89. The van der Waals surface area contributed by atoms with Crippen LogP contribution in [-0.2, 0) is 6.54 Å². The number of carbonyl (C=O) groups excluding carboxylic acids is 1. The van der Waals surface area contributed by atoms with Gasteiger partial charge in [0.1, 0.15) is 0 Å². The molecule has 0 aliphatic heterocycles. The third kappa shape index (κ3) is 2.14. The second kappa shape index (κ2) is 4.39. The Morgan fingerprint density at radius 2 is 2.56 bits per heavy atom. The Labute approximate surface area is 90.7 Å². The smallest absolute Gasteiger partial charge is 0.293 e. The monoisotopic (exact) mass is 219 g/mol. The van der Waals surface area contributed by atoms with Gasteiger partial charge in [-0.05, 0) is 17.3 Å². The summed E-state index contributed by atoms with van der Waals surface area (Å²) in [4.78, 5) is 12.8. The first-order chi connectivity index (χ1) is 7.79. The van der Waals surface area contributed by atoms with Crippen molar-refractivity contribution in [2.75, 3.05) is 5.32 Å². The van der Waals surface area contributed by atoms with Crippen molar-refractivity contribution >= 4 is 11.9 Å². The third-order valence-electron chi connectivity index (χ3n) is 1.72. The fraction of sp³-hybridized carbons (Fsp3) is 0.111. The maximum Gasteiger partial charge on any atom is 0.293 e. The number of rotatable bonds is 4. The number of amides is 1. The molecule has 1 N–H and O–H groups in total. The van der Waals surface area contributed by atoms with Crippen LogP contribution in [0.1, 0.15) is 10.6 Å². The van der Waals surface area contributed by atoms with Crippen molar-refractivity contribution < 1.29 is 9.21 Å². The Balaban J connectivity index is 2.03. The molecular weight excluding hydrogens is 210 g/mol. The van der Waals surface area contributed by atoms with Gasteiger partial charge < -0.3 is 4.42 Å². The third-order valence-corrected chi connectivity index (χ3v) is 1.72. The molecule has 82 valence electrons. The number of nitrogens with one attached hydrogen (secondary N) is 1. The summed E-state index contributed by atoms with van der Waals surface area (Å²) in [5.41, 5.74) is 0. The number of anilines is 1. The predicted octanol–water partition coefficient (Wildman–Crippen LogP) is 0.704. The molecule has 2 heterocycles. The van der Waals surface area contributed by atoms with Gasteiger partial charge in [-0.15, -0.1) is 11.7 Å². The molecule has 0 aliphatic rings. The molecule has 0 unspecified atom stereocenters. The van der Waals surface area contributed by atoms with Gasteiger partial charge in [0.2, 0.25) is 0 Å². The van der Waals surface area contributed by atoms with Crippen molar-refractivity contribution in [1.82, 2.24) is 20.2 Å². The summed E-state index contributed by atoms with van der Waals surface area (Å²) in [7, 11) is 0. The van der Waals surface area contributed by atoms with E-state index in [1.165, 1.54) is 11.1 Å². The van der Waals surface area contributed by atoms with E-state index in [2.05, 4.69) is 27.3 Å². The maximum atomic E-state index is 11.5. The molecule has 0 atom stereocenters. The van der Waals surface area contributed by atoms with Gasteiger partial charge in [0.15, 0.2) is 5.76 Å². The summed E-state index contributed by atoms with van der Waals surface area (Å²) in [5, 5.41) is 13.7. The number of tetrazole rings is 1. The molecule has 7 heteroatoms. The molecule has 0 fully saturated rings. The molecule has 0 saturated carbocycles. The van der Waals surface area contributed by atoms with E-state index in [0.29, 0.717) is 6.54 Å². The quantitative estimate of drug-likeness (QED) is 0.765. The number of furan rings is 1. The Morgan fingerprint density at radius 3 is 3.25 bits per heavy atom. The largest absolute Gasteiger partial charge is 0.459 e. The molecule has 0 bridgehead atoms. The number of hydrogen-bond donors (Lipinski definition) is 1. The van der Waals surface area contributed by atoms with Crippen LogP contribution in [0.3, 0.4) is 0 Å². The summed E-state index contributed by atoms with van der Waals surface area (Å²) in [6.07, 6.45) is 3.04. The Bertz CT molecular complexity index is 488. The van der Waals surface area contributed by atoms with Gasteiger partial charge >= 0.3 is 0 Å². The first-order valence-electron chi connectivity index (χ1n) is 4.53. The van der Waals surface area contributed by atoms with Gasteiger partial charge in [-0.3, -0.25) is 10.1 Å².